The molecule has 2 rings (SSSR count). The quantitative estimate of drug-likeness (QED) is 0.0820. The maximum Gasteiger partial charge on any atom is 0.343 e. The Morgan fingerprint density at radius 1 is 0.775 bits per heavy atom. The van der Waals surface area contributed by atoms with Gasteiger partial charge in [-0.3, -0.25) is 0 Å². The number of carbonyl (C=O) groups is 3. The summed E-state index contributed by atoms with van der Waals surface area (Å²) >= 11 is 0. The van der Waals surface area contributed by atoms with E-state index in [-0.39, 0.29) is 11.7 Å². The van der Waals surface area contributed by atoms with Crippen molar-refractivity contribution in [3.8, 4) is 17.2 Å². The van der Waals surface area contributed by atoms with Crippen molar-refractivity contribution in [3.63, 3.8) is 0 Å². The third-order valence-corrected chi connectivity index (χ3v) is 5.85. The van der Waals surface area contributed by atoms with Crippen LogP contribution in [0.15, 0.2) is 61.2 Å². The molecule has 40 heavy (non-hydrogen) atoms. The van der Waals surface area contributed by atoms with Crippen LogP contribution in [0.25, 0.3) is 6.08 Å². The molecule has 2 aromatic carbocycles. The third-order valence-electron chi connectivity index (χ3n) is 5.85. The van der Waals surface area contributed by atoms with Gasteiger partial charge in [0.15, 0.2) is 11.5 Å². The van der Waals surface area contributed by atoms with E-state index in [2.05, 4.69) is 6.58 Å². The van der Waals surface area contributed by atoms with Gasteiger partial charge in [-0.05, 0) is 67.3 Å². The Kier molecular flexibility index (Phi) is 15.3. The van der Waals surface area contributed by atoms with Crippen LogP contribution in [0.4, 0.5) is 0 Å². The van der Waals surface area contributed by atoms with Crippen LogP contribution in [0, 0.1) is 0 Å². The van der Waals surface area contributed by atoms with Crippen molar-refractivity contribution in [2.45, 2.75) is 58.3 Å². The van der Waals surface area contributed by atoms with Crippen molar-refractivity contribution in [2.24, 2.45) is 0 Å². The number of benzene rings is 2. The van der Waals surface area contributed by atoms with E-state index in [4.69, 9.17) is 23.7 Å². The SMILES string of the molecule is C=CC(=O)OCCCCCCCCOc1ccc(C(=O)Oc2ccc(/C=C/C(=O)OCCCC)cc2OC)cc1. The predicted molar refractivity (Wildman–Crippen MR) is 154 cm³/mol. The number of rotatable bonds is 19. The summed E-state index contributed by atoms with van der Waals surface area (Å²) in [6, 6.07) is 11.8. The van der Waals surface area contributed by atoms with E-state index in [1.807, 2.05) is 6.92 Å². The summed E-state index contributed by atoms with van der Waals surface area (Å²) in [5, 5.41) is 0. The highest BCUT2D eigenvalue weighted by Crippen LogP contribution is 2.29. The number of carbonyl (C=O) groups excluding carboxylic acids is 3. The Morgan fingerprint density at radius 2 is 1.43 bits per heavy atom. The van der Waals surface area contributed by atoms with Crippen molar-refractivity contribution >= 4 is 24.0 Å². The van der Waals surface area contributed by atoms with E-state index in [0.717, 1.165) is 51.4 Å². The Labute approximate surface area is 236 Å². The lowest BCUT2D eigenvalue weighted by Crippen LogP contribution is -2.09. The van der Waals surface area contributed by atoms with Gasteiger partial charge in [0.1, 0.15) is 5.75 Å². The van der Waals surface area contributed by atoms with E-state index in [0.29, 0.717) is 42.4 Å². The number of unbranched alkanes of at least 4 members (excludes halogenated alkanes) is 6. The topological polar surface area (TPSA) is 97.4 Å². The first kappa shape index (κ1) is 32.1. The zero-order valence-corrected chi connectivity index (χ0v) is 23.5. The highest BCUT2D eigenvalue weighted by Gasteiger charge is 2.13. The van der Waals surface area contributed by atoms with E-state index < -0.39 is 11.9 Å². The molecule has 0 N–H and O–H groups in total. The lowest BCUT2D eigenvalue weighted by molar-refractivity contribution is -0.138. The molecule has 0 radical (unpaired) electrons. The molecule has 0 fully saturated rings. The maximum atomic E-state index is 12.7. The Morgan fingerprint density at radius 3 is 2.10 bits per heavy atom. The van der Waals surface area contributed by atoms with Gasteiger partial charge in [-0.1, -0.05) is 51.7 Å². The smallest absolute Gasteiger partial charge is 0.343 e. The van der Waals surface area contributed by atoms with Gasteiger partial charge in [0.2, 0.25) is 0 Å². The molecule has 0 spiro atoms. The predicted octanol–water partition coefficient (Wildman–Crippen LogP) is 6.72. The second-order valence-corrected chi connectivity index (χ2v) is 9.02. The van der Waals surface area contributed by atoms with Crippen molar-refractivity contribution in [1.82, 2.24) is 0 Å². The first-order valence-corrected chi connectivity index (χ1v) is 13.7. The molecule has 0 heterocycles. The highest BCUT2D eigenvalue weighted by molar-refractivity contribution is 5.91. The van der Waals surface area contributed by atoms with E-state index in [1.54, 1.807) is 48.5 Å². The number of ether oxygens (including phenoxy) is 5. The molecule has 2 aromatic rings. The lowest BCUT2D eigenvalue weighted by atomic mass is 10.1. The summed E-state index contributed by atoms with van der Waals surface area (Å²) in [6.07, 6.45) is 12.0. The molecule has 0 amide bonds. The third kappa shape index (κ3) is 12.7. The zero-order valence-electron chi connectivity index (χ0n) is 23.5. The van der Waals surface area contributed by atoms with Crippen LogP contribution in [0.3, 0.4) is 0 Å². The van der Waals surface area contributed by atoms with Gasteiger partial charge in [0.25, 0.3) is 0 Å². The normalized spacial score (nSPS) is 10.7. The molecule has 0 aliphatic heterocycles. The van der Waals surface area contributed by atoms with Crippen LogP contribution in [-0.4, -0.2) is 44.8 Å². The second kappa shape index (κ2) is 19.1. The molecule has 0 bridgehead atoms. The molecule has 0 saturated heterocycles. The molecule has 0 atom stereocenters. The summed E-state index contributed by atoms with van der Waals surface area (Å²) < 4.78 is 26.7. The van der Waals surface area contributed by atoms with Crippen molar-refractivity contribution in [1.29, 1.82) is 0 Å². The minimum absolute atomic E-state index is 0.272. The van der Waals surface area contributed by atoms with Gasteiger partial charge in [-0.15, -0.1) is 0 Å². The first-order valence-electron chi connectivity index (χ1n) is 13.7. The summed E-state index contributed by atoms with van der Waals surface area (Å²) in [4.78, 5) is 35.4. The maximum absolute atomic E-state index is 12.7. The van der Waals surface area contributed by atoms with E-state index in [1.165, 1.54) is 19.3 Å². The molecule has 0 unspecified atom stereocenters. The average molecular weight is 553 g/mol. The number of methoxy groups -OCH3 is 1. The fourth-order valence-corrected chi connectivity index (χ4v) is 3.58. The second-order valence-electron chi connectivity index (χ2n) is 9.02. The van der Waals surface area contributed by atoms with Gasteiger partial charge < -0.3 is 23.7 Å². The van der Waals surface area contributed by atoms with Gasteiger partial charge >= 0.3 is 17.9 Å². The first-order chi connectivity index (χ1) is 19.5. The molecule has 0 aromatic heterocycles. The van der Waals surface area contributed by atoms with Crippen molar-refractivity contribution in [2.75, 3.05) is 26.9 Å². The van der Waals surface area contributed by atoms with Gasteiger partial charge in [0.05, 0.1) is 32.5 Å². The van der Waals surface area contributed by atoms with Crippen LogP contribution in [0.2, 0.25) is 0 Å². The minimum Gasteiger partial charge on any atom is -0.494 e. The van der Waals surface area contributed by atoms with E-state index >= 15 is 0 Å². The monoisotopic (exact) mass is 552 g/mol. The number of esters is 3. The van der Waals surface area contributed by atoms with Crippen molar-refractivity contribution in [3.05, 3.63) is 72.3 Å². The summed E-state index contributed by atoms with van der Waals surface area (Å²) in [5.74, 6) is 0.0160. The highest BCUT2D eigenvalue weighted by atomic mass is 16.6. The van der Waals surface area contributed by atoms with Gasteiger partial charge in [-0.2, -0.15) is 0 Å². The fourth-order valence-electron chi connectivity index (χ4n) is 3.58. The Balaban J connectivity index is 1.73. The lowest BCUT2D eigenvalue weighted by Gasteiger charge is -2.11. The number of hydrogen-bond donors (Lipinski definition) is 0. The standard InChI is InChI=1S/C32H40O8/c1-4-6-21-39-31(34)20-14-25-13-19-28(29(24-25)36-3)40-32(35)26-15-17-27(18-16-26)37-22-11-9-7-8-10-12-23-38-30(33)5-2/h5,13-20,24H,2,4,6-12,21-23H2,1,3H3/b20-14+. The summed E-state index contributed by atoms with van der Waals surface area (Å²) in [5.41, 5.74) is 1.09. The molecule has 0 aliphatic rings. The Bertz CT molecular complexity index is 1100. The van der Waals surface area contributed by atoms with Gasteiger partial charge in [-0.25, -0.2) is 14.4 Å². The van der Waals surface area contributed by atoms with Crippen LogP contribution < -0.4 is 14.2 Å². The van der Waals surface area contributed by atoms with Gasteiger partial charge in [0, 0.05) is 12.2 Å². The fraction of sp³-hybridized carbons (Fsp3) is 0.406. The van der Waals surface area contributed by atoms with Crippen LogP contribution in [-0.2, 0) is 19.1 Å². The molecular weight excluding hydrogens is 512 g/mol. The molecule has 8 heteroatoms. The largest absolute Gasteiger partial charge is 0.494 e. The van der Waals surface area contributed by atoms with Crippen LogP contribution >= 0.6 is 0 Å². The summed E-state index contributed by atoms with van der Waals surface area (Å²) in [6.45, 7) is 6.82. The Hall–Kier alpha value is -4.07. The van der Waals surface area contributed by atoms with Crippen LogP contribution in [0.1, 0.15) is 74.2 Å². The average Bonchev–Trinajstić information content (AvgIpc) is 2.97. The zero-order chi connectivity index (χ0) is 29.0. The molecule has 0 saturated carbocycles. The molecule has 8 nitrogen and oxygen atoms in total. The van der Waals surface area contributed by atoms with Crippen molar-refractivity contribution < 1.29 is 38.1 Å². The molecule has 216 valence electrons. The molecular formula is C32H40O8. The number of hydrogen-bond acceptors (Lipinski definition) is 8. The molecule has 0 aliphatic carbocycles. The van der Waals surface area contributed by atoms with Crippen LogP contribution in [0.5, 0.6) is 17.2 Å². The minimum atomic E-state index is -0.521. The summed E-state index contributed by atoms with van der Waals surface area (Å²) in [7, 11) is 1.48. The van der Waals surface area contributed by atoms with E-state index in [9.17, 15) is 14.4 Å².